The SMILES string of the molecule is OC(c1ccc2ccccc2c1)c1cc(Br)ccc1F. The topological polar surface area (TPSA) is 20.2 Å². The molecule has 0 spiro atoms. The Kier molecular flexibility index (Phi) is 3.55. The molecule has 0 saturated heterocycles. The molecule has 3 aromatic carbocycles. The number of aliphatic hydroxyl groups excluding tert-OH is 1. The highest BCUT2D eigenvalue weighted by molar-refractivity contribution is 9.10. The Labute approximate surface area is 124 Å². The van der Waals surface area contributed by atoms with E-state index in [0.29, 0.717) is 5.56 Å². The Balaban J connectivity index is 2.07. The number of fused-ring (bicyclic) bond motifs is 1. The van der Waals surface area contributed by atoms with Gasteiger partial charge in [-0.15, -0.1) is 0 Å². The fraction of sp³-hybridized carbons (Fsp3) is 0.0588. The van der Waals surface area contributed by atoms with Crippen LogP contribution >= 0.6 is 15.9 Å². The molecule has 20 heavy (non-hydrogen) atoms. The molecule has 1 unspecified atom stereocenters. The predicted octanol–water partition coefficient (Wildman–Crippen LogP) is 4.82. The predicted molar refractivity (Wildman–Crippen MR) is 82.1 cm³/mol. The van der Waals surface area contributed by atoms with Crippen molar-refractivity contribution in [2.24, 2.45) is 0 Å². The maximum atomic E-state index is 13.8. The molecule has 0 aliphatic rings. The Hall–Kier alpha value is -1.71. The van der Waals surface area contributed by atoms with Gasteiger partial charge >= 0.3 is 0 Å². The van der Waals surface area contributed by atoms with Gasteiger partial charge in [-0.2, -0.15) is 0 Å². The van der Waals surface area contributed by atoms with E-state index in [4.69, 9.17) is 0 Å². The van der Waals surface area contributed by atoms with Crippen LogP contribution in [0.3, 0.4) is 0 Å². The van der Waals surface area contributed by atoms with Crippen LogP contribution in [0, 0.1) is 5.82 Å². The van der Waals surface area contributed by atoms with Gasteiger partial charge in [-0.05, 0) is 40.6 Å². The molecule has 100 valence electrons. The molecular weight excluding hydrogens is 319 g/mol. The van der Waals surface area contributed by atoms with Crippen LogP contribution in [0.5, 0.6) is 0 Å². The zero-order valence-electron chi connectivity index (χ0n) is 10.6. The molecule has 0 aliphatic carbocycles. The summed E-state index contributed by atoms with van der Waals surface area (Å²) in [5.41, 5.74) is 0.954. The van der Waals surface area contributed by atoms with Crippen LogP contribution in [0.2, 0.25) is 0 Å². The molecule has 1 N–H and O–H groups in total. The van der Waals surface area contributed by atoms with Crippen molar-refractivity contribution in [2.75, 3.05) is 0 Å². The smallest absolute Gasteiger partial charge is 0.129 e. The Bertz CT molecular complexity index is 770. The first kappa shape index (κ1) is 13.3. The van der Waals surface area contributed by atoms with Crippen molar-refractivity contribution >= 4 is 26.7 Å². The van der Waals surface area contributed by atoms with Crippen LogP contribution < -0.4 is 0 Å². The lowest BCUT2D eigenvalue weighted by Gasteiger charge is -2.13. The lowest BCUT2D eigenvalue weighted by molar-refractivity contribution is 0.215. The summed E-state index contributed by atoms with van der Waals surface area (Å²) in [6.45, 7) is 0. The van der Waals surface area contributed by atoms with Gasteiger partial charge in [0.1, 0.15) is 11.9 Å². The Morgan fingerprint density at radius 2 is 1.65 bits per heavy atom. The first-order valence-corrected chi connectivity index (χ1v) is 7.06. The van der Waals surface area contributed by atoms with E-state index < -0.39 is 11.9 Å². The second-order valence-corrected chi connectivity index (χ2v) is 5.59. The molecular formula is C17H12BrFO. The minimum absolute atomic E-state index is 0.273. The zero-order valence-corrected chi connectivity index (χ0v) is 12.1. The molecule has 0 bridgehead atoms. The fourth-order valence-electron chi connectivity index (χ4n) is 2.28. The highest BCUT2D eigenvalue weighted by atomic mass is 79.9. The summed E-state index contributed by atoms with van der Waals surface area (Å²) in [6, 6.07) is 18.1. The van der Waals surface area contributed by atoms with E-state index in [1.807, 2.05) is 42.5 Å². The summed E-state index contributed by atoms with van der Waals surface area (Å²) in [6.07, 6.45) is -0.975. The van der Waals surface area contributed by atoms with Crippen LogP contribution in [0.1, 0.15) is 17.2 Å². The maximum Gasteiger partial charge on any atom is 0.129 e. The summed E-state index contributed by atoms with van der Waals surface area (Å²) in [5, 5.41) is 12.5. The lowest BCUT2D eigenvalue weighted by Crippen LogP contribution is -2.02. The largest absolute Gasteiger partial charge is 0.384 e. The van der Waals surface area contributed by atoms with Crippen LogP contribution in [0.15, 0.2) is 65.1 Å². The fourth-order valence-corrected chi connectivity index (χ4v) is 2.66. The van der Waals surface area contributed by atoms with Crippen LogP contribution in [0.4, 0.5) is 4.39 Å². The minimum Gasteiger partial charge on any atom is -0.384 e. The minimum atomic E-state index is -0.975. The van der Waals surface area contributed by atoms with Crippen molar-refractivity contribution in [1.29, 1.82) is 0 Å². The number of rotatable bonds is 2. The van der Waals surface area contributed by atoms with E-state index in [1.165, 1.54) is 6.07 Å². The number of benzene rings is 3. The first-order valence-electron chi connectivity index (χ1n) is 6.27. The Morgan fingerprint density at radius 3 is 2.45 bits per heavy atom. The molecule has 0 aromatic heterocycles. The van der Waals surface area contributed by atoms with Crippen molar-refractivity contribution in [3.05, 3.63) is 82.1 Å². The number of halogens is 2. The van der Waals surface area contributed by atoms with Crippen molar-refractivity contribution in [3.63, 3.8) is 0 Å². The highest BCUT2D eigenvalue weighted by Gasteiger charge is 2.15. The van der Waals surface area contributed by atoms with Crippen LogP contribution in [-0.2, 0) is 0 Å². The molecule has 0 saturated carbocycles. The van der Waals surface area contributed by atoms with Gasteiger partial charge in [0.2, 0.25) is 0 Å². The summed E-state index contributed by atoms with van der Waals surface area (Å²) < 4.78 is 14.6. The molecule has 1 atom stereocenters. The standard InChI is InChI=1S/C17H12BrFO/c18-14-7-8-16(19)15(10-14)17(20)13-6-5-11-3-1-2-4-12(11)9-13/h1-10,17,20H. The Morgan fingerprint density at radius 1 is 0.900 bits per heavy atom. The van der Waals surface area contributed by atoms with E-state index >= 15 is 0 Å². The second-order valence-electron chi connectivity index (χ2n) is 4.67. The third-order valence-corrected chi connectivity index (χ3v) is 3.84. The van der Waals surface area contributed by atoms with Gasteiger partial charge < -0.3 is 5.11 Å². The molecule has 3 heteroatoms. The third kappa shape index (κ3) is 2.47. The molecule has 3 aromatic rings. The average Bonchev–Trinajstić information content (AvgIpc) is 2.48. The van der Waals surface area contributed by atoms with Gasteiger partial charge in [-0.1, -0.05) is 52.3 Å². The summed E-state index contributed by atoms with van der Waals surface area (Å²) in [5.74, 6) is -0.408. The quantitative estimate of drug-likeness (QED) is 0.714. The maximum absolute atomic E-state index is 13.8. The van der Waals surface area contributed by atoms with E-state index in [-0.39, 0.29) is 5.56 Å². The molecule has 0 fully saturated rings. The van der Waals surface area contributed by atoms with Gasteiger partial charge in [0, 0.05) is 10.0 Å². The van der Waals surface area contributed by atoms with E-state index in [2.05, 4.69) is 15.9 Å². The average molecular weight is 331 g/mol. The van der Waals surface area contributed by atoms with Crippen molar-refractivity contribution in [3.8, 4) is 0 Å². The number of aliphatic hydroxyl groups is 1. The molecule has 0 radical (unpaired) electrons. The monoisotopic (exact) mass is 330 g/mol. The van der Waals surface area contributed by atoms with Crippen molar-refractivity contribution < 1.29 is 9.50 Å². The summed E-state index contributed by atoms with van der Waals surface area (Å²) in [4.78, 5) is 0. The summed E-state index contributed by atoms with van der Waals surface area (Å²) >= 11 is 3.30. The zero-order chi connectivity index (χ0) is 14.1. The first-order chi connectivity index (χ1) is 9.65. The molecule has 0 aliphatic heterocycles. The molecule has 3 rings (SSSR count). The van der Waals surface area contributed by atoms with Gasteiger partial charge in [0.25, 0.3) is 0 Å². The van der Waals surface area contributed by atoms with Crippen molar-refractivity contribution in [1.82, 2.24) is 0 Å². The second kappa shape index (κ2) is 5.35. The number of hydrogen-bond acceptors (Lipinski definition) is 1. The van der Waals surface area contributed by atoms with Crippen molar-refractivity contribution in [2.45, 2.75) is 6.10 Å². The van der Waals surface area contributed by atoms with Gasteiger partial charge in [-0.3, -0.25) is 0 Å². The van der Waals surface area contributed by atoms with E-state index in [1.54, 1.807) is 12.1 Å². The van der Waals surface area contributed by atoms with E-state index in [0.717, 1.165) is 15.2 Å². The molecule has 0 amide bonds. The van der Waals surface area contributed by atoms with Crippen LogP contribution in [0.25, 0.3) is 10.8 Å². The van der Waals surface area contributed by atoms with Crippen LogP contribution in [-0.4, -0.2) is 5.11 Å². The third-order valence-electron chi connectivity index (χ3n) is 3.34. The van der Waals surface area contributed by atoms with E-state index in [9.17, 15) is 9.50 Å². The lowest BCUT2D eigenvalue weighted by atomic mass is 9.98. The number of hydrogen-bond donors (Lipinski definition) is 1. The normalized spacial score (nSPS) is 12.6. The molecule has 1 nitrogen and oxygen atoms in total. The highest BCUT2D eigenvalue weighted by Crippen LogP contribution is 2.28. The van der Waals surface area contributed by atoms with Gasteiger partial charge in [0.15, 0.2) is 0 Å². The van der Waals surface area contributed by atoms with Gasteiger partial charge in [0.05, 0.1) is 0 Å². The molecule has 0 heterocycles. The summed E-state index contributed by atoms with van der Waals surface area (Å²) in [7, 11) is 0. The van der Waals surface area contributed by atoms with Gasteiger partial charge in [-0.25, -0.2) is 4.39 Å².